The molecule has 2 rings (SSSR count). The maximum absolute atomic E-state index is 12.8. The van der Waals surface area contributed by atoms with E-state index >= 15 is 0 Å². The lowest BCUT2D eigenvalue weighted by atomic mass is 10.1. The Hall–Kier alpha value is -3.13. The zero-order chi connectivity index (χ0) is 22.5. The second-order valence-electron chi connectivity index (χ2n) is 5.44. The number of hydrogen-bond acceptors (Lipinski definition) is 9. The molecule has 0 spiro atoms. The van der Waals surface area contributed by atoms with Gasteiger partial charge in [0.15, 0.2) is 11.5 Å². The monoisotopic (exact) mass is 460 g/mol. The molecular formula is C17H16O11S2. The van der Waals surface area contributed by atoms with Crippen molar-refractivity contribution < 1.29 is 48.6 Å². The maximum Gasteiger partial charge on any atom is 0.446 e. The Bertz CT molecular complexity index is 1170. The Morgan fingerprint density at radius 3 is 1.90 bits per heavy atom. The molecule has 0 aliphatic heterocycles. The minimum atomic E-state index is -5.27. The molecule has 0 fully saturated rings. The minimum Gasteiger partial charge on any atom is -0.496 e. The molecule has 162 valence electrons. The highest BCUT2D eigenvalue weighted by Gasteiger charge is 2.31. The number of methoxy groups -OCH3 is 2. The average Bonchev–Trinajstić information content (AvgIpc) is 2.65. The van der Waals surface area contributed by atoms with Gasteiger partial charge < -0.3 is 17.8 Å². The Morgan fingerprint density at radius 2 is 1.40 bits per heavy atom. The fourth-order valence-electron chi connectivity index (χ4n) is 2.33. The van der Waals surface area contributed by atoms with Crippen LogP contribution in [0.1, 0.15) is 15.9 Å². The zero-order valence-corrected chi connectivity index (χ0v) is 17.1. The Balaban J connectivity index is 2.76. The van der Waals surface area contributed by atoms with Gasteiger partial charge in [0.05, 0.1) is 14.2 Å². The van der Waals surface area contributed by atoms with Gasteiger partial charge in [0, 0.05) is 6.07 Å². The minimum absolute atomic E-state index is 0.295. The molecule has 0 aliphatic carbocycles. The molecule has 13 heteroatoms. The molecule has 0 heterocycles. The van der Waals surface area contributed by atoms with Gasteiger partial charge in [-0.05, 0) is 11.6 Å². The molecule has 0 saturated carbocycles. The number of carbonyl (C=O) groups is 1. The molecule has 0 radical (unpaired) electrons. The topological polar surface area (TPSA) is 163 Å². The Kier molecular flexibility index (Phi) is 7.04. The lowest BCUT2D eigenvalue weighted by Gasteiger charge is -2.17. The summed E-state index contributed by atoms with van der Waals surface area (Å²) in [4.78, 5) is 12.8. The lowest BCUT2D eigenvalue weighted by molar-refractivity contribution is 0.104. The first-order valence-corrected chi connectivity index (χ1v) is 10.6. The van der Waals surface area contributed by atoms with E-state index in [0.29, 0.717) is 5.56 Å². The standard InChI is InChI=1S/C17H16O11S2/c1-25-13-10-14(26-2)16(27-29(19,20)21)17(28-30(22,23)24)15(13)12(18)9-8-11-6-4-3-5-7-11/h3-10H,1-2H3,(H,19,20,21)(H,22,23,24)/b9-8+. The molecule has 2 N–H and O–H groups in total. The summed E-state index contributed by atoms with van der Waals surface area (Å²) in [6.45, 7) is 0. The van der Waals surface area contributed by atoms with E-state index in [2.05, 4.69) is 8.37 Å². The SMILES string of the molecule is COc1cc(OC)c(C(=O)/C=C/c2ccccc2)c(OS(=O)(=O)O)c1OS(=O)(=O)O. The van der Waals surface area contributed by atoms with Gasteiger partial charge in [-0.15, -0.1) is 0 Å². The summed E-state index contributed by atoms with van der Waals surface area (Å²) in [5.74, 6) is -3.76. The molecule has 0 atom stereocenters. The van der Waals surface area contributed by atoms with Crippen LogP contribution in [0.25, 0.3) is 6.08 Å². The second kappa shape index (κ2) is 9.13. The van der Waals surface area contributed by atoms with Gasteiger partial charge in [-0.3, -0.25) is 13.9 Å². The summed E-state index contributed by atoms with van der Waals surface area (Å²) < 4.78 is 81.8. The number of benzene rings is 2. The van der Waals surface area contributed by atoms with E-state index in [4.69, 9.17) is 18.6 Å². The smallest absolute Gasteiger partial charge is 0.446 e. The van der Waals surface area contributed by atoms with Crippen molar-refractivity contribution in [2.75, 3.05) is 14.2 Å². The number of carbonyl (C=O) groups excluding carboxylic acids is 1. The van der Waals surface area contributed by atoms with Gasteiger partial charge >= 0.3 is 20.8 Å². The number of ether oxygens (including phenoxy) is 2. The molecule has 2 aromatic rings. The van der Waals surface area contributed by atoms with Crippen LogP contribution in [0.15, 0.2) is 42.5 Å². The third-order valence-corrected chi connectivity index (χ3v) is 4.21. The number of ketones is 1. The van der Waals surface area contributed by atoms with Crippen molar-refractivity contribution in [3.05, 3.63) is 53.6 Å². The first-order chi connectivity index (χ1) is 13.9. The predicted molar refractivity (Wildman–Crippen MR) is 104 cm³/mol. The third kappa shape index (κ3) is 6.18. The summed E-state index contributed by atoms with van der Waals surface area (Å²) in [7, 11) is -8.30. The first-order valence-electron chi connectivity index (χ1n) is 7.85. The first kappa shape index (κ1) is 23.2. The highest BCUT2D eigenvalue weighted by Crippen LogP contribution is 2.46. The van der Waals surface area contributed by atoms with Crippen LogP contribution in [-0.4, -0.2) is 45.9 Å². The largest absolute Gasteiger partial charge is 0.496 e. The van der Waals surface area contributed by atoms with Gasteiger partial charge in [0.1, 0.15) is 11.3 Å². The molecule has 0 saturated heterocycles. The van der Waals surface area contributed by atoms with Gasteiger partial charge in [0.2, 0.25) is 11.5 Å². The van der Waals surface area contributed by atoms with Crippen molar-refractivity contribution in [1.82, 2.24) is 0 Å². The average molecular weight is 460 g/mol. The van der Waals surface area contributed by atoms with Crippen LogP contribution < -0.4 is 17.8 Å². The number of rotatable bonds is 9. The van der Waals surface area contributed by atoms with E-state index in [1.165, 1.54) is 6.08 Å². The van der Waals surface area contributed by atoms with Crippen LogP contribution in [0.3, 0.4) is 0 Å². The van der Waals surface area contributed by atoms with Crippen molar-refractivity contribution in [2.45, 2.75) is 0 Å². The van der Waals surface area contributed by atoms with Crippen LogP contribution >= 0.6 is 0 Å². The van der Waals surface area contributed by atoms with Crippen LogP contribution in [0.5, 0.6) is 23.0 Å². The normalized spacial score (nSPS) is 11.9. The van der Waals surface area contributed by atoms with Crippen LogP contribution in [-0.2, 0) is 20.8 Å². The molecule has 30 heavy (non-hydrogen) atoms. The van der Waals surface area contributed by atoms with E-state index in [0.717, 1.165) is 26.4 Å². The lowest BCUT2D eigenvalue weighted by Crippen LogP contribution is -2.15. The predicted octanol–water partition coefficient (Wildman–Crippen LogP) is 1.96. The summed E-state index contributed by atoms with van der Waals surface area (Å²) in [6, 6.07) is 9.53. The molecule has 0 bridgehead atoms. The highest BCUT2D eigenvalue weighted by atomic mass is 32.3. The van der Waals surface area contributed by atoms with E-state index in [1.54, 1.807) is 30.3 Å². The molecule has 11 nitrogen and oxygen atoms in total. The van der Waals surface area contributed by atoms with E-state index < -0.39 is 49.4 Å². The van der Waals surface area contributed by atoms with Crippen LogP contribution in [0.4, 0.5) is 0 Å². The van der Waals surface area contributed by atoms with E-state index in [9.17, 15) is 21.6 Å². The van der Waals surface area contributed by atoms with Crippen LogP contribution in [0.2, 0.25) is 0 Å². The summed E-state index contributed by atoms with van der Waals surface area (Å²) in [5.41, 5.74) is -0.00765. The van der Waals surface area contributed by atoms with Gasteiger partial charge in [-0.1, -0.05) is 36.4 Å². The fourth-order valence-corrected chi connectivity index (χ4v) is 3.07. The van der Waals surface area contributed by atoms with Crippen molar-refractivity contribution in [2.24, 2.45) is 0 Å². The molecule has 2 aromatic carbocycles. The second-order valence-corrected chi connectivity index (χ2v) is 7.49. The third-order valence-electron chi connectivity index (χ3n) is 3.46. The van der Waals surface area contributed by atoms with E-state index in [1.807, 2.05) is 0 Å². The quantitative estimate of drug-likeness (QED) is 0.319. The summed E-state index contributed by atoms with van der Waals surface area (Å²) in [6.07, 6.45) is 2.40. The highest BCUT2D eigenvalue weighted by molar-refractivity contribution is 7.81. The van der Waals surface area contributed by atoms with Gasteiger partial charge in [-0.2, -0.15) is 16.8 Å². The van der Waals surface area contributed by atoms with Crippen molar-refractivity contribution >= 4 is 32.7 Å². The van der Waals surface area contributed by atoms with Gasteiger partial charge in [-0.25, -0.2) is 0 Å². The number of allylic oxidation sites excluding steroid dienone is 1. The molecular weight excluding hydrogens is 444 g/mol. The van der Waals surface area contributed by atoms with Gasteiger partial charge in [0.25, 0.3) is 0 Å². The van der Waals surface area contributed by atoms with Crippen molar-refractivity contribution in [3.63, 3.8) is 0 Å². The number of hydrogen-bond donors (Lipinski definition) is 2. The Labute approximate surface area is 172 Å². The summed E-state index contributed by atoms with van der Waals surface area (Å²) in [5, 5.41) is 0. The molecule has 0 amide bonds. The summed E-state index contributed by atoms with van der Waals surface area (Å²) >= 11 is 0. The van der Waals surface area contributed by atoms with Crippen molar-refractivity contribution in [1.29, 1.82) is 0 Å². The van der Waals surface area contributed by atoms with E-state index in [-0.39, 0.29) is 5.75 Å². The maximum atomic E-state index is 12.8. The van der Waals surface area contributed by atoms with Crippen molar-refractivity contribution in [3.8, 4) is 23.0 Å². The fraction of sp³-hybridized carbons (Fsp3) is 0.118. The van der Waals surface area contributed by atoms with Crippen LogP contribution in [0, 0.1) is 0 Å². The molecule has 0 aliphatic rings. The molecule has 0 aromatic heterocycles. The molecule has 0 unspecified atom stereocenters. The Morgan fingerprint density at radius 1 is 0.867 bits per heavy atom. The zero-order valence-electron chi connectivity index (χ0n) is 15.5.